The van der Waals surface area contributed by atoms with Gasteiger partial charge >= 0.3 is 0 Å². The van der Waals surface area contributed by atoms with Crippen molar-refractivity contribution in [1.29, 1.82) is 0 Å². The molecule has 0 saturated carbocycles. The van der Waals surface area contributed by atoms with Crippen LogP contribution in [0.2, 0.25) is 0 Å². The Balaban J connectivity index is 2.07. The lowest BCUT2D eigenvalue weighted by atomic mass is 9.81. The number of anilines is 1. The molecule has 5 nitrogen and oxygen atoms in total. The topological polar surface area (TPSA) is 54.5 Å². The fourth-order valence-electron chi connectivity index (χ4n) is 3.27. The van der Waals surface area contributed by atoms with Crippen LogP contribution in [-0.4, -0.2) is 42.7 Å². The van der Waals surface area contributed by atoms with E-state index < -0.39 is 0 Å². The number of morpholine rings is 1. The standard InChI is InChI=1S/C18H29N3O2/c1-17(2,3)13-18(4,5)20-16(22)14-6-7-19-15(12-14)21-8-10-23-11-9-21/h6-7,12H,8-11,13H2,1-5H3,(H,20,22). The summed E-state index contributed by atoms with van der Waals surface area (Å²) in [5.74, 6) is 0.797. The van der Waals surface area contributed by atoms with E-state index in [0.717, 1.165) is 25.3 Å². The smallest absolute Gasteiger partial charge is 0.251 e. The summed E-state index contributed by atoms with van der Waals surface area (Å²) in [6, 6.07) is 3.64. The van der Waals surface area contributed by atoms with E-state index >= 15 is 0 Å². The number of nitrogens with zero attached hydrogens (tertiary/aromatic N) is 2. The summed E-state index contributed by atoms with van der Waals surface area (Å²) in [4.78, 5) is 19.1. The largest absolute Gasteiger partial charge is 0.378 e. The number of rotatable bonds is 4. The van der Waals surface area contributed by atoms with E-state index in [0.29, 0.717) is 18.8 Å². The highest BCUT2D eigenvalue weighted by atomic mass is 16.5. The van der Waals surface area contributed by atoms with Crippen molar-refractivity contribution in [2.45, 2.75) is 46.6 Å². The molecule has 0 spiro atoms. The van der Waals surface area contributed by atoms with Crippen LogP contribution >= 0.6 is 0 Å². The summed E-state index contributed by atoms with van der Waals surface area (Å²) in [5, 5.41) is 3.15. The van der Waals surface area contributed by atoms with Crippen LogP contribution in [0, 0.1) is 5.41 Å². The Bertz CT molecular complexity index is 543. The van der Waals surface area contributed by atoms with Crippen molar-refractivity contribution in [2.24, 2.45) is 5.41 Å². The summed E-state index contributed by atoms with van der Waals surface area (Å²) in [6.07, 6.45) is 2.61. The first-order chi connectivity index (χ1) is 10.7. The minimum absolute atomic E-state index is 0.0452. The molecule has 1 aromatic rings. The molecule has 23 heavy (non-hydrogen) atoms. The van der Waals surface area contributed by atoms with Gasteiger partial charge in [0.05, 0.1) is 13.2 Å². The lowest BCUT2D eigenvalue weighted by Crippen LogP contribution is -2.45. The fourth-order valence-corrected chi connectivity index (χ4v) is 3.27. The van der Waals surface area contributed by atoms with Crippen LogP contribution in [0.3, 0.4) is 0 Å². The number of nitrogens with one attached hydrogen (secondary N) is 1. The SMILES string of the molecule is CC(C)(C)CC(C)(C)NC(=O)c1ccnc(N2CCOCC2)c1. The Morgan fingerprint density at radius 3 is 2.52 bits per heavy atom. The molecule has 0 unspecified atom stereocenters. The van der Waals surface area contributed by atoms with E-state index in [1.165, 1.54) is 0 Å². The highest BCUT2D eigenvalue weighted by Crippen LogP contribution is 2.27. The number of ether oxygens (including phenoxy) is 1. The third-order valence-corrected chi connectivity index (χ3v) is 3.77. The van der Waals surface area contributed by atoms with Crippen LogP contribution in [0.1, 0.15) is 51.4 Å². The number of carbonyl (C=O) groups excluding carboxylic acids is 1. The second-order valence-electron chi connectivity index (χ2n) is 8.08. The Hall–Kier alpha value is -1.62. The maximum absolute atomic E-state index is 12.6. The third-order valence-electron chi connectivity index (χ3n) is 3.77. The molecule has 1 amide bonds. The highest BCUT2D eigenvalue weighted by Gasteiger charge is 2.27. The first-order valence-corrected chi connectivity index (χ1v) is 8.28. The van der Waals surface area contributed by atoms with Crippen molar-refractivity contribution >= 4 is 11.7 Å². The zero-order valence-corrected chi connectivity index (χ0v) is 15.0. The maximum atomic E-state index is 12.6. The quantitative estimate of drug-likeness (QED) is 0.927. The summed E-state index contributed by atoms with van der Waals surface area (Å²) >= 11 is 0. The number of carbonyl (C=O) groups is 1. The zero-order valence-electron chi connectivity index (χ0n) is 15.0. The molecule has 2 rings (SSSR count). The molecular formula is C18H29N3O2. The fraction of sp³-hybridized carbons (Fsp3) is 0.667. The number of hydrogen-bond donors (Lipinski definition) is 1. The lowest BCUT2D eigenvalue weighted by molar-refractivity contribution is 0.0891. The van der Waals surface area contributed by atoms with Gasteiger partial charge in [-0.2, -0.15) is 0 Å². The number of amides is 1. The van der Waals surface area contributed by atoms with Crippen LogP contribution in [0.25, 0.3) is 0 Å². The molecule has 0 aromatic carbocycles. The van der Waals surface area contributed by atoms with E-state index in [2.05, 4.69) is 49.8 Å². The van der Waals surface area contributed by atoms with Crippen LogP contribution in [0.15, 0.2) is 18.3 Å². The summed E-state index contributed by atoms with van der Waals surface area (Å²) in [7, 11) is 0. The van der Waals surface area contributed by atoms with Gasteiger partial charge < -0.3 is 15.0 Å². The molecule has 0 radical (unpaired) electrons. The normalized spacial score (nSPS) is 16.3. The van der Waals surface area contributed by atoms with Crippen molar-refractivity contribution < 1.29 is 9.53 Å². The monoisotopic (exact) mass is 319 g/mol. The van der Waals surface area contributed by atoms with Gasteiger partial charge in [-0.05, 0) is 37.8 Å². The first-order valence-electron chi connectivity index (χ1n) is 8.28. The molecule has 1 fully saturated rings. The molecule has 0 atom stereocenters. The minimum atomic E-state index is -0.252. The lowest BCUT2D eigenvalue weighted by Gasteiger charge is -2.33. The maximum Gasteiger partial charge on any atom is 0.251 e. The molecule has 2 heterocycles. The van der Waals surface area contributed by atoms with Crippen molar-refractivity contribution in [2.75, 3.05) is 31.2 Å². The Morgan fingerprint density at radius 2 is 1.91 bits per heavy atom. The van der Waals surface area contributed by atoms with E-state index in [4.69, 9.17) is 4.74 Å². The first kappa shape index (κ1) is 17.7. The van der Waals surface area contributed by atoms with Gasteiger partial charge in [-0.3, -0.25) is 4.79 Å². The zero-order chi connectivity index (χ0) is 17.1. The molecular weight excluding hydrogens is 290 g/mol. The van der Waals surface area contributed by atoms with E-state index in [9.17, 15) is 4.79 Å². The summed E-state index contributed by atoms with van der Waals surface area (Å²) in [6.45, 7) is 13.7. The average molecular weight is 319 g/mol. The number of aromatic nitrogens is 1. The van der Waals surface area contributed by atoms with Gasteiger partial charge in [-0.15, -0.1) is 0 Å². The van der Waals surface area contributed by atoms with Crippen molar-refractivity contribution in [3.63, 3.8) is 0 Å². The Labute approximate surface area is 139 Å². The van der Waals surface area contributed by atoms with Crippen LogP contribution in [-0.2, 0) is 4.74 Å². The summed E-state index contributed by atoms with van der Waals surface area (Å²) in [5.41, 5.74) is 0.564. The van der Waals surface area contributed by atoms with E-state index in [1.54, 1.807) is 12.3 Å². The van der Waals surface area contributed by atoms with E-state index in [1.807, 2.05) is 6.07 Å². The number of hydrogen-bond acceptors (Lipinski definition) is 4. The van der Waals surface area contributed by atoms with Gasteiger partial charge in [0.15, 0.2) is 0 Å². The van der Waals surface area contributed by atoms with Crippen molar-refractivity contribution in [1.82, 2.24) is 10.3 Å². The molecule has 1 aromatic heterocycles. The van der Waals surface area contributed by atoms with Gasteiger partial charge in [-0.25, -0.2) is 4.98 Å². The molecule has 0 aliphatic carbocycles. The molecule has 128 valence electrons. The van der Waals surface area contributed by atoms with Gasteiger partial charge in [0, 0.05) is 30.4 Å². The molecule has 1 aliphatic heterocycles. The van der Waals surface area contributed by atoms with Crippen molar-refractivity contribution in [3.05, 3.63) is 23.9 Å². The predicted octanol–water partition coefficient (Wildman–Crippen LogP) is 2.86. The number of pyridine rings is 1. The molecule has 5 heteroatoms. The van der Waals surface area contributed by atoms with Gasteiger partial charge in [-0.1, -0.05) is 20.8 Å². The second kappa shape index (κ2) is 6.87. The van der Waals surface area contributed by atoms with Crippen molar-refractivity contribution in [3.8, 4) is 0 Å². The van der Waals surface area contributed by atoms with Crippen LogP contribution < -0.4 is 10.2 Å². The molecule has 1 N–H and O–H groups in total. The Morgan fingerprint density at radius 1 is 1.26 bits per heavy atom. The van der Waals surface area contributed by atoms with Crippen LogP contribution in [0.5, 0.6) is 0 Å². The highest BCUT2D eigenvalue weighted by molar-refractivity contribution is 5.95. The second-order valence-corrected chi connectivity index (χ2v) is 8.08. The van der Waals surface area contributed by atoms with E-state index in [-0.39, 0.29) is 16.9 Å². The molecule has 1 aliphatic rings. The third kappa shape index (κ3) is 5.50. The molecule has 1 saturated heterocycles. The van der Waals surface area contributed by atoms with Crippen LogP contribution in [0.4, 0.5) is 5.82 Å². The van der Waals surface area contributed by atoms with Gasteiger partial charge in [0.25, 0.3) is 5.91 Å². The molecule has 0 bridgehead atoms. The van der Waals surface area contributed by atoms with Gasteiger partial charge in [0.2, 0.25) is 0 Å². The van der Waals surface area contributed by atoms with Gasteiger partial charge in [0.1, 0.15) is 5.82 Å². The average Bonchev–Trinajstić information content (AvgIpc) is 2.45. The Kier molecular flexibility index (Phi) is 5.30. The summed E-state index contributed by atoms with van der Waals surface area (Å²) < 4.78 is 5.36. The minimum Gasteiger partial charge on any atom is -0.378 e. The predicted molar refractivity (Wildman–Crippen MR) is 92.9 cm³/mol.